The lowest BCUT2D eigenvalue weighted by atomic mass is 9.96. The monoisotopic (exact) mass is 1310 g/mol. The van der Waals surface area contributed by atoms with Crippen LogP contribution in [0.3, 0.4) is 0 Å². The summed E-state index contributed by atoms with van der Waals surface area (Å²) in [5, 5.41) is 24.9. The molecule has 25 heteroatoms. The number of rotatable bonds is 17. The van der Waals surface area contributed by atoms with Gasteiger partial charge in [0.1, 0.15) is 66.5 Å². The lowest BCUT2D eigenvalue weighted by Crippen LogP contribution is -2.63. The van der Waals surface area contributed by atoms with Crippen LogP contribution in [0.1, 0.15) is 139 Å². The lowest BCUT2D eigenvalue weighted by Gasteiger charge is -2.38. The molecule has 94 heavy (non-hydrogen) atoms. The fourth-order valence-electron chi connectivity index (χ4n) is 12.0. The summed E-state index contributed by atoms with van der Waals surface area (Å²) < 4.78 is 0. The van der Waals surface area contributed by atoms with Gasteiger partial charge < -0.3 is 66.0 Å². The number of aliphatic hydroxyl groups excluding tert-OH is 1. The predicted molar refractivity (Wildman–Crippen MR) is 356 cm³/mol. The molecule has 2 aromatic carbocycles. The first-order valence-electron chi connectivity index (χ1n) is 33.2. The fraction of sp³-hybridized carbons (Fsp3) is 0.652. The summed E-state index contributed by atoms with van der Waals surface area (Å²) in [6, 6.07) is 2.57. The van der Waals surface area contributed by atoms with E-state index in [1.54, 1.807) is 86.3 Å². The average Bonchev–Trinajstić information content (AvgIpc) is 0.998. The second-order valence-corrected chi connectivity index (χ2v) is 27.3. The van der Waals surface area contributed by atoms with Crippen molar-refractivity contribution >= 4 is 70.9 Å². The van der Waals surface area contributed by atoms with Crippen LogP contribution in [-0.4, -0.2) is 238 Å². The van der Waals surface area contributed by atoms with Gasteiger partial charge in [0.2, 0.25) is 70.9 Å². The normalized spacial score (nSPS) is 24.8. The number of likely N-dealkylation sites (tertiary alicyclic amines) is 1. The lowest BCUT2D eigenvalue weighted by molar-refractivity contribution is -0.152. The number of likely N-dealkylation sites (N-methyl/N-ethyl adjacent to an activating group) is 6. The summed E-state index contributed by atoms with van der Waals surface area (Å²) in [5.41, 5.74) is 1.26. The van der Waals surface area contributed by atoms with Crippen LogP contribution in [0.4, 0.5) is 0 Å². The van der Waals surface area contributed by atoms with Gasteiger partial charge in [0.05, 0.1) is 12.5 Å². The van der Waals surface area contributed by atoms with Gasteiger partial charge in [0.25, 0.3) is 0 Å². The summed E-state index contributed by atoms with van der Waals surface area (Å²) in [4.78, 5) is 186. The molecule has 0 aliphatic carbocycles. The number of carbonyl (C=O) groups excluding carboxylic acids is 12. The van der Waals surface area contributed by atoms with Crippen LogP contribution < -0.4 is 26.6 Å². The van der Waals surface area contributed by atoms with E-state index in [0.717, 1.165) is 38.9 Å². The predicted octanol–water partition coefficient (Wildman–Crippen LogP) is 2.51. The Morgan fingerprint density at radius 3 is 1.46 bits per heavy atom. The summed E-state index contributed by atoms with van der Waals surface area (Å²) in [6.45, 7) is 21.0. The maximum absolute atomic E-state index is 15.4. The van der Waals surface area contributed by atoms with E-state index in [0.29, 0.717) is 24.2 Å². The van der Waals surface area contributed by atoms with Crippen molar-refractivity contribution in [1.29, 1.82) is 0 Å². The molecule has 2 aliphatic rings. The van der Waals surface area contributed by atoms with Crippen LogP contribution in [-0.2, 0) is 70.4 Å². The Bertz CT molecular complexity index is 2940. The molecule has 2 aromatic rings. The third-order valence-corrected chi connectivity index (χ3v) is 17.9. The second-order valence-electron chi connectivity index (χ2n) is 27.3. The van der Waals surface area contributed by atoms with Gasteiger partial charge in [-0.3, -0.25) is 57.5 Å². The average molecular weight is 1310 g/mol. The molecule has 12 atom stereocenters. The van der Waals surface area contributed by atoms with E-state index < -0.39 is 150 Å². The molecule has 2 saturated heterocycles. The zero-order chi connectivity index (χ0) is 70.7. The molecular weight excluding hydrogens is 1200 g/mol. The molecule has 2 aliphatic heterocycles. The van der Waals surface area contributed by atoms with Crippen LogP contribution in [0.25, 0.3) is 0 Å². The number of carbonyl (C=O) groups is 12. The highest BCUT2D eigenvalue weighted by Crippen LogP contribution is 2.23. The number of benzene rings is 2. The highest BCUT2D eigenvalue weighted by molar-refractivity contribution is 6.01. The number of hydrogen-bond acceptors (Lipinski definition) is 13. The Morgan fingerprint density at radius 1 is 0.543 bits per heavy atom. The molecule has 0 bridgehead atoms. The minimum atomic E-state index is -1.79. The standard InChI is InChI=1S/C69H108N12O13/c1-40(2)34-51-60(85)72-50(66(91)77(15)54(37-48-28-22-19-23-29-48)59(84)71-45(10)64(89)81-32-26-21-27-33-81)39-56(83)70-44(9)63(88)80(18)55(38-49-30-24-20-25-31-49)67(92)78(16)53(36-42(5)6)62(87)74-58(47(12)82)69(94)75(13)46(11)65(90)76(14)52(35-41(3)4)61(86)73-57(43(7)8)68(93)79(51)17/h19-20,22-25,28-31,40-47,50-55,57-58,82H,21,26-27,32-39H2,1-18H3,(H,70,83)(H,71,84)(H,72,85)(H,73,86)(H,74,87)/t44-,45+,46+,47-,50+,51+,52+,53+,54+,55+,57+,58+/m1/s1. The zero-order valence-corrected chi connectivity index (χ0v) is 58.8. The van der Waals surface area contributed by atoms with Crippen molar-refractivity contribution in [1.82, 2.24) is 60.9 Å². The van der Waals surface area contributed by atoms with Gasteiger partial charge in [-0.05, 0) is 101 Å². The molecule has 4 rings (SSSR count). The topological polar surface area (TPSA) is 308 Å². The SMILES string of the molecule is CC(C)C[C@H]1C(=O)N[C@H](C(=O)N(C)[C@@H](Cc2ccccc2)C(=O)N[C@@H](C)C(=O)N2CCCCC2)CC(=O)N[C@H](C)C(=O)N(C)[C@@H](Cc2ccccc2)C(=O)N(C)[C@@H](CC(C)C)C(=O)N[C@@H]([C@@H](C)O)C(=O)N(C)[C@@H](C)C(=O)N(C)[C@@H](CC(C)C)C(=O)N[C@@H](C(C)C)C(=O)N1C. The maximum atomic E-state index is 15.4. The summed E-state index contributed by atoms with van der Waals surface area (Å²) >= 11 is 0. The second kappa shape index (κ2) is 36.1. The fourth-order valence-corrected chi connectivity index (χ4v) is 12.0. The quantitative estimate of drug-likeness (QED) is 0.133. The molecule has 2 fully saturated rings. The summed E-state index contributed by atoms with van der Waals surface area (Å²) in [5.74, 6) is -10.4. The minimum absolute atomic E-state index is 0.00281. The largest absolute Gasteiger partial charge is 0.391 e. The van der Waals surface area contributed by atoms with Crippen molar-refractivity contribution in [3.63, 3.8) is 0 Å². The molecule has 6 N–H and O–H groups in total. The van der Waals surface area contributed by atoms with Crippen LogP contribution in [0, 0.1) is 23.7 Å². The van der Waals surface area contributed by atoms with Crippen molar-refractivity contribution in [2.45, 2.75) is 213 Å². The van der Waals surface area contributed by atoms with Gasteiger partial charge in [-0.25, -0.2) is 0 Å². The van der Waals surface area contributed by atoms with Crippen LogP contribution in [0.2, 0.25) is 0 Å². The Balaban J connectivity index is 1.95. The number of nitrogens with one attached hydrogen (secondary N) is 5. The third kappa shape index (κ3) is 21.5. The van der Waals surface area contributed by atoms with Crippen molar-refractivity contribution in [3.8, 4) is 0 Å². The highest BCUT2D eigenvalue weighted by Gasteiger charge is 2.44. The van der Waals surface area contributed by atoms with E-state index >= 15 is 19.2 Å². The molecule has 0 aromatic heterocycles. The van der Waals surface area contributed by atoms with Gasteiger partial charge in [0.15, 0.2) is 0 Å². The van der Waals surface area contributed by atoms with E-state index in [4.69, 9.17) is 0 Å². The Hall–Kier alpha value is -7.96. The smallest absolute Gasteiger partial charge is 0.248 e. The molecule has 12 amide bonds. The third-order valence-electron chi connectivity index (χ3n) is 17.9. The van der Waals surface area contributed by atoms with Gasteiger partial charge in [-0.2, -0.15) is 0 Å². The van der Waals surface area contributed by atoms with Crippen molar-refractivity contribution < 1.29 is 62.6 Å². The number of amides is 12. The number of nitrogens with zero attached hydrogens (tertiary/aromatic N) is 7. The van der Waals surface area contributed by atoms with E-state index in [1.165, 1.54) is 72.9 Å². The van der Waals surface area contributed by atoms with Gasteiger partial charge in [-0.15, -0.1) is 0 Å². The molecular formula is C69H108N12O13. The van der Waals surface area contributed by atoms with E-state index in [9.17, 15) is 43.5 Å². The van der Waals surface area contributed by atoms with Crippen LogP contribution in [0.15, 0.2) is 60.7 Å². The zero-order valence-electron chi connectivity index (χ0n) is 58.8. The molecule has 0 spiro atoms. The summed E-state index contributed by atoms with van der Waals surface area (Å²) in [6.07, 6.45) is 0.223. The van der Waals surface area contributed by atoms with Gasteiger partial charge >= 0.3 is 0 Å². The van der Waals surface area contributed by atoms with Crippen molar-refractivity contribution in [2.24, 2.45) is 23.7 Å². The Labute approximate surface area is 556 Å². The minimum Gasteiger partial charge on any atom is -0.391 e. The van der Waals surface area contributed by atoms with E-state index in [2.05, 4.69) is 26.6 Å². The van der Waals surface area contributed by atoms with Gasteiger partial charge in [-0.1, -0.05) is 116 Å². The first kappa shape index (κ1) is 78.5. The maximum Gasteiger partial charge on any atom is 0.248 e. The van der Waals surface area contributed by atoms with E-state index in [-0.39, 0.29) is 55.8 Å². The summed E-state index contributed by atoms with van der Waals surface area (Å²) in [7, 11) is 8.17. The van der Waals surface area contributed by atoms with Crippen molar-refractivity contribution in [3.05, 3.63) is 71.8 Å². The number of hydrogen-bond donors (Lipinski definition) is 6. The number of aliphatic hydroxyl groups is 1. The molecule has 0 unspecified atom stereocenters. The van der Waals surface area contributed by atoms with E-state index in [1.807, 2.05) is 41.5 Å². The highest BCUT2D eigenvalue weighted by atomic mass is 16.3. The van der Waals surface area contributed by atoms with Crippen molar-refractivity contribution in [2.75, 3.05) is 55.4 Å². The van der Waals surface area contributed by atoms with Crippen LogP contribution >= 0.6 is 0 Å². The Kier molecular flexibility index (Phi) is 30.1. The first-order chi connectivity index (χ1) is 44.0. The van der Waals surface area contributed by atoms with Crippen LogP contribution in [0.5, 0.6) is 0 Å². The molecule has 0 radical (unpaired) electrons. The Morgan fingerprint density at radius 2 is 0.979 bits per heavy atom. The number of piperidine rings is 1. The molecule has 2 heterocycles. The molecule has 522 valence electrons. The molecule has 25 nitrogen and oxygen atoms in total. The van der Waals surface area contributed by atoms with Gasteiger partial charge in [0, 0.05) is 68.2 Å². The molecule has 0 saturated carbocycles. The first-order valence-corrected chi connectivity index (χ1v) is 33.2.